The van der Waals surface area contributed by atoms with Crippen LogP contribution in [0, 0.1) is 0 Å². The second-order valence-electron chi connectivity index (χ2n) is 14.4. The average Bonchev–Trinajstić information content (AvgIpc) is 3.02. The highest BCUT2D eigenvalue weighted by Gasteiger charge is 2.19. The lowest BCUT2D eigenvalue weighted by Crippen LogP contribution is -2.40. The van der Waals surface area contributed by atoms with Gasteiger partial charge >= 0.3 is 5.97 Å². The number of carboxylic acids is 1. The molecule has 0 saturated heterocycles. The summed E-state index contributed by atoms with van der Waals surface area (Å²) in [6, 6.07) is -0.350. The number of hydrogen-bond acceptors (Lipinski definition) is 2. The minimum atomic E-state index is -0.663. The smallest absolute Gasteiger partial charge is 0.320 e. The van der Waals surface area contributed by atoms with E-state index in [-0.39, 0.29) is 6.04 Å². The van der Waals surface area contributed by atoms with Crippen LogP contribution >= 0.6 is 0 Å². The Balaban J connectivity index is 3.57. The number of carbonyl (C=O) groups is 1. The predicted molar refractivity (Wildman–Crippen MR) is 197 cm³/mol. The summed E-state index contributed by atoms with van der Waals surface area (Å²) in [6.07, 6.45) is 47.2. The van der Waals surface area contributed by atoms with Crippen molar-refractivity contribution in [3.63, 3.8) is 0 Å². The van der Waals surface area contributed by atoms with Crippen LogP contribution in [0.2, 0.25) is 0 Å². The highest BCUT2D eigenvalue weighted by atomic mass is 16.4. The molecule has 0 aromatic carbocycles. The molecule has 0 fully saturated rings. The lowest BCUT2D eigenvalue weighted by atomic mass is 10.0. The molecule has 3 nitrogen and oxygen atoms in total. The van der Waals surface area contributed by atoms with Gasteiger partial charge in [-0.3, -0.25) is 9.69 Å². The van der Waals surface area contributed by atoms with Crippen molar-refractivity contribution in [2.24, 2.45) is 0 Å². The predicted octanol–water partition coefficient (Wildman–Crippen LogP) is 14.1. The van der Waals surface area contributed by atoms with Gasteiger partial charge in [0.2, 0.25) is 0 Å². The van der Waals surface area contributed by atoms with E-state index in [2.05, 4.69) is 18.7 Å². The van der Waals surface area contributed by atoms with Crippen LogP contribution in [0.3, 0.4) is 0 Å². The van der Waals surface area contributed by atoms with Gasteiger partial charge < -0.3 is 5.11 Å². The van der Waals surface area contributed by atoms with Gasteiger partial charge in [-0.25, -0.2) is 0 Å². The van der Waals surface area contributed by atoms with E-state index in [1.54, 1.807) is 0 Å². The molecule has 1 N–H and O–H groups in total. The van der Waals surface area contributed by atoms with Crippen LogP contribution < -0.4 is 0 Å². The molecule has 44 heavy (non-hydrogen) atoms. The Morgan fingerprint density at radius 3 is 0.750 bits per heavy atom. The van der Waals surface area contributed by atoms with Crippen molar-refractivity contribution in [2.45, 2.75) is 245 Å². The molecule has 0 amide bonds. The highest BCUT2D eigenvalue weighted by Crippen LogP contribution is 2.16. The molecule has 1 atom stereocenters. The average molecular weight is 622 g/mol. The Morgan fingerprint density at radius 2 is 0.568 bits per heavy atom. The molecule has 1 unspecified atom stereocenters. The van der Waals surface area contributed by atoms with Crippen molar-refractivity contribution in [2.75, 3.05) is 13.1 Å². The largest absolute Gasteiger partial charge is 0.480 e. The molecule has 264 valence electrons. The molecule has 0 aliphatic rings. The van der Waals surface area contributed by atoms with E-state index < -0.39 is 5.97 Å². The topological polar surface area (TPSA) is 40.5 Å². The number of hydrogen-bond donors (Lipinski definition) is 1. The number of nitrogens with zero attached hydrogens (tertiary/aromatic N) is 1. The molecule has 3 heteroatoms. The Morgan fingerprint density at radius 1 is 0.386 bits per heavy atom. The second kappa shape index (κ2) is 36.9. The summed E-state index contributed by atoms with van der Waals surface area (Å²) in [5.41, 5.74) is 0. The van der Waals surface area contributed by atoms with E-state index >= 15 is 0 Å². The summed E-state index contributed by atoms with van der Waals surface area (Å²) in [5, 5.41) is 9.60. The van der Waals surface area contributed by atoms with E-state index in [0.717, 1.165) is 25.9 Å². The zero-order chi connectivity index (χ0) is 32.2. The van der Waals surface area contributed by atoms with Crippen LogP contribution in [0.25, 0.3) is 0 Å². The number of rotatable bonds is 38. The number of unbranched alkanes of at least 4 members (excludes halogenated alkanes) is 32. The zero-order valence-electron chi connectivity index (χ0n) is 30.8. The van der Waals surface area contributed by atoms with Crippen LogP contribution in [0.5, 0.6) is 0 Å². The summed E-state index contributed by atoms with van der Waals surface area (Å²) in [7, 11) is 0. The first-order chi connectivity index (χ1) is 21.6. The molecular formula is C41H83NO2. The van der Waals surface area contributed by atoms with Gasteiger partial charge in [-0.15, -0.1) is 0 Å². The fourth-order valence-corrected chi connectivity index (χ4v) is 6.73. The van der Waals surface area contributed by atoms with Gasteiger partial charge in [0.25, 0.3) is 0 Å². The number of aliphatic carboxylic acids is 1. The molecule has 0 aromatic heterocycles. The van der Waals surface area contributed by atoms with Crippen molar-refractivity contribution >= 4 is 5.97 Å². The summed E-state index contributed by atoms with van der Waals surface area (Å²) in [6.45, 7) is 8.36. The SMILES string of the molecule is CCCCCCCCCCCCCCCCCCCN(CCCCCCCCCCCCCCCCCCC)C(C)C(=O)O. The van der Waals surface area contributed by atoms with Crippen molar-refractivity contribution in [3.8, 4) is 0 Å². The Labute approximate surface area is 278 Å². The molecule has 0 saturated carbocycles. The molecule has 0 aromatic rings. The van der Waals surface area contributed by atoms with Gasteiger partial charge in [-0.2, -0.15) is 0 Å². The molecule has 0 aliphatic carbocycles. The van der Waals surface area contributed by atoms with E-state index in [0.29, 0.717) is 0 Å². The Bertz CT molecular complexity index is 513. The van der Waals surface area contributed by atoms with Crippen LogP contribution in [-0.4, -0.2) is 35.1 Å². The van der Waals surface area contributed by atoms with Gasteiger partial charge in [-0.05, 0) is 32.9 Å². The lowest BCUT2D eigenvalue weighted by molar-refractivity contribution is -0.142. The first kappa shape index (κ1) is 43.4. The monoisotopic (exact) mass is 622 g/mol. The first-order valence-electron chi connectivity index (χ1n) is 20.6. The van der Waals surface area contributed by atoms with Gasteiger partial charge in [0.1, 0.15) is 6.04 Å². The first-order valence-corrected chi connectivity index (χ1v) is 20.6. The summed E-state index contributed by atoms with van der Waals surface area (Å²) >= 11 is 0. The molecule has 0 heterocycles. The normalized spacial score (nSPS) is 12.4. The van der Waals surface area contributed by atoms with Crippen molar-refractivity contribution in [3.05, 3.63) is 0 Å². The summed E-state index contributed by atoms with van der Waals surface area (Å²) in [5.74, 6) is -0.663. The standard InChI is InChI=1S/C41H83NO2/c1-4-6-8-10-12-14-16-18-20-22-24-26-28-30-32-34-36-38-42(40(3)41(43)44)39-37-35-33-31-29-27-25-23-21-19-17-15-13-11-9-7-5-2/h40H,4-39H2,1-3H3,(H,43,44). The second-order valence-corrected chi connectivity index (χ2v) is 14.4. The maximum absolute atomic E-state index is 11.7. The quantitative estimate of drug-likeness (QED) is 0.0697. The third-order valence-corrected chi connectivity index (χ3v) is 10.0. The van der Waals surface area contributed by atoms with Gasteiger partial charge in [0.15, 0.2) is 0 Å². The summed E-state index contributed by atoms with van der Waals surface area (Å²) in [4.78, 5) is 13.9. The van der Waals surface area contributed by atoms with E-state index in [1.165, 1.54) is 205 Å². The molecule has 0 aliphatic heterocycles. The maximum atomic E-state index is 11.7. The van der Waals surface area contributed by atoms with Crippen LogP contribution in [0.1, 0.15) is 239 Å². The molecule has 0 spiro atoms. The molecular weight excluding hydrogens is 538 g/mol. The minimum Gasteiger partial charge on any atom is -0.480 e. The number of carboxylic acid groups (broad SMARTS) is 1. The third-order valence-electron chi connectivity index (χ3n) is 10.0. The summed E-state index contributed by atoms with van der Waals surface area (Å²) < 4.78 is 0. The van der Waals surface area contributed by atoms with Gasteiger partial charge in [0, 0.05) is 0 Å². The van der Waals surface area contributed by atoms with Crippen LogP contribution in [0.15, 0.2) is 0 Å². The van der Waals surface area contributed by atoms with Gasteiger partial charge in [0.05, 0.1) is 0 Å². The molecule has 0 radical (unpaired) electrons. The fraction of sp³-hybridized carbons (Fsp3) is 0.976. The van der Waals surface area contributed by atoms with E-state index in [1.807, 2.05) is 6.92 Å². The van der Waals surface area contributed by atoms with Crippen molar-refractivity contribution in [1.29, 1.82) is 0 Å². The van der Waals surface area contributed by atoms with Crippen molar-refractivity contribution in [1.82, 2.24) is 4.90 Å². The van der Waals surface area contributed by atoms with Crippen molar-refractivity contribution < 1.29 is 9.90 Å². The lowest BCUT2D eigenvalue weighted by Gasteiger charge is -2.26. The highest BCUT2D eigenvalue weighted by molar-refractivity contribution is 5.72. The molecule has 0 bridgehead atoms. The Hall–Kier alpha value is -0.570. The van der Waals surface area contributed by atoms with Crippen LogP contribution in [-0.2, 0) is 4.79 Å². The van der Waals surface area contributed by atoms with E-state index in [9.17, 15) is 9.90 Å². The Kier molecular flexibility index (Phi) is 36.4. The van der Waals surface area contributed by atoms with E-state index in [4.69, 9.17) is 0 Å². The zero-order valence-corrected chi connectivity index (χ0v) is 30.8. The maximum Gasteiger partial charge on any atom is 0.320 e. The minimum absolute atomic E-state index is 0.350. The molecule has 0 rings (SSSR count). The third kappa shape index (κ3) is 32.8. The fourth-order valence-electron chi connectivity index (χ4n) is 6.73. The van der Waals surface area contributed by atoms with Crippen LogP contribution in [0.4, 0.5) is 0 Å². The van der Waals surface area contributed by atoms with Gasteiger partial charge in [-0.1, -0.05) is 219 Å².